The number of carbonyl (C=O) groups excluding carboxylic acids is 2. The predicted molar refractivity (Wildman–Crippen MR) is 115 cm³/mol. The number of methoxy groups -OCH3 is 1. The van der Waals surface area contributed by atoms with Gasteiger partial charge >= 0.3 is 0 Å². The van der Waals surface area contributed by atoms with Crippen molar-refractivity contribution in [3.05, 3.63) is 59.7 Å². The molecule has 6 heteroatoms. The number of rotatable bonds is 9. The number of carbonyl (C=O) groups is 2. The summed E-state index contributed by atoms with van der Waals surface area (Å²) in [7, 11) is 1.59. The molecule has 29 heavy (non-hydrogen) atoms. The van der Waals surface area contributed by atoms with Crippen LogP contribution < -0.4 is 20.1 Å². The van der Waals surface area contributed by atoms with Crippen molar-refractivity contribution < 1.29 is 19.1 Å². The summed E-state index contributed by atoms with van der Waals surface area (Å²) in [5.74, 6) is 1.01. The predicted octanol–water partition coefficient (Wildman–Crippen LogP) is 3.81. The number of anilines is 1. The van der Waals surface area contributed by atoms with Crippen molar-refractivity contribution in [2.45, 2.75) is 33.2 Å². The van der Waals surface area contributed by atoms with Crippen molar-refractivity contribution in [1.29, 1.82) is 0 Å². The second kappa shape index (κ2) is 10.9. The van der Waals surface area contributed by atoms with Gasteiger partial charge in [0.2, 0.25) is 11.8 Å². The van der Waals surface area contributed by atoms with Gasteiger partial charge in [-0.1, -0.05) is 18.2 Å². The number of amides is 2. The Kier molecular flexibility index (Phi) is 8.27. The first-order chi connectivity index (χ1) is 13.9. The van der Waals surface area contributed by atoms with Gasteiger partial charge in [0.25, 0.3) is 0 Å². The molecular formula is C23H28N2O4. The van der Waals surface area contributed by atoms with E-state index in [9.17, 15) is 9.59 Å². The largest absolute Gasteiger partial charge is 0.493 e. The van der Waals surface area contributed by atoms with Crippen LogP contribution in [0.25, 0.3) is 6.08 Å². The monoisotopic (exact) mass is 396 g/mol. The number of hydrogen-bond donors (Lipinski definition) is 2. The fraction of sp³-hybridized carbons (Fsp3) is 0.304. The standard InChI is InChI=1S/C23H28N2O4/c1-5-29-21-14-17(8-12-20(21)28-4)9-13-22(26)25-19-10-6-18(7-11-19)15-23(27)24-16(2)3/h6-14,16H,5,15H2,1-4H3,(H,24,27)(H,25,26)/b13-9+. The Bertz CT molecular complexity index is 858. The van der Waals surface area contributed by atoms with Gasteiger partial charge in [-0.3, -0.25) is 9.59 Å². The fourth-order valence-electron chi connectivity index (χ4n) is 2.69. The molecule has 154 valence electrons. The van der Waals surface area contributed by atoms with Crippen LogP contribution in [-0.4, -0.2) is 31.6 Å². The molecule has 0 fully saturated rings. The van der Waals surface area contributed by atoms with Crippen molar-refractivity contribution in [3.8, 4) is 11.5 Å². The van der Waals surface area contributed by atoms with Crippen molar-refractivity contribution in [2.24, 2.45) is 0 Å². The highest BCUT2D eigenvalue weighted by Crippen LogP contribution is 2.28. The van der Waals surface area contributed by atoms with Crippen LogP contribution in [0.2, 0.25) is 0 Å². The molecule has 2 aromatic rings. The molecule has 0 atom stereocenters. The minimum atomic E-state index is -0.246. The summed E-state index contributed by atoms with van der Waals surface area (Å²) in [6.07, 6.45) is 3.48. The Balaban J connectivity index is 1.95. The summed E-state index contributed by atoms with van der Waals surface area (Å²) < 4.78 is 10.8. The molecule has 6 nitrogen and oxygen atoms in total. The number of nitrogens with one attached hydrogen (secondary N) is 2. The topological polar surface area (TPSA) is 76.7 Å². The van der Waals surface area contributed by atoms with Crippen LogP contribution in [0.5, 0.6) is 11.5 Å². The van der Waals surface area contributed by atoms with E-state index in [4.69, 9.17) is 9.47 Å². The zero-order valence-electron chi connectivity index (χ0n) is 17.3. The molecule has 2 aromatic carbocycles. The third-order valence-corrected chi connectivity index (χ3v) is 3.95. The van der Waals surface area contributed by atoms with Crippen LogP contribution in [0, 0.1) is 0 Å². The highest BCUT2D eigenvalue weighted by atomic mass is 16.5. The van der Waals surface area contributed by atoms with E-state index in [0.717, 1.165) is 11.1 Å². The lowest BCUT2D eigenvalue weighted by Gasteiger charge is -2.09. The Labute approximate surface area is 171 Å². The minimum absolute atomic E-state index is 0.0226. The lowest BCUT2D eigenvalue weighted by molar-refractivity contribution is -0.121. The van der Waals surface area contributed by atoms with Gasteiger partial charge in [-0.15, -0.1) is 0 Å². The van der Waals surface area contributed by atoms with Crippen LogP contribution in [0.3, 0.4) is 0 Å². The molecule has 0 aromatic heterocycles. The van der Waals surface area contributed by atoms with Gasteiger partial charge in [-0.05, 0) is 62.2 Å². The zero-order chi connectivity index (χ0) is 21.2. The first-order valence-electron chi connectivity index (χ1n) is 9.59. The molecule has 2 rings (SSSR count). The van der Waals surface area contributed by atoms with E-state index >= 15 is 0 Å². The van der Waals surface area contributed by atoms with E-state index in [1.165, 1.54) is 6.08 Å². The van der Waals surface area contributed by atoms with Gasteiger partial charge in [0.05, 0.1) is 20.1 Å². The van der Waals surface area contributed by atoms with Gasteiger partial charge in [-0.2, -0.15) is 0 Å². The number of hydrogen-bond acceptors (Lipinski definition) is 4. The molecule has 0 aliphatic carbocycles. The maximum absolute atomic E-state index is 12.2. The molecule has 0 aliphatic rings. The Morgan fingerprint density at radius 2 is 1.79 bits per heavy atom. The fourth-order valence-corrected chi connectivity index (χ4v) is 2.69. The van der Waals surface area contributed by atoms with Crippen LogP contribution in [0.4, 0.5) is 5.69 Å². The maximum atomic E-state index is 12.2. The normalized spacial score (nSPS) is 10.8. The summed E-state index contributed by atoms with van der Waals surface area (Å²) >= 11 is 0. The molecule has 2 N–H and O–H groups in total. The first kappa shape index (κ1) is 22.0. The summed E-state index contributed by atoms with van der Waals surface area (Å²) in [5.41, 5.74) is 2.38. The van der Waals surface area contributed by atoms with Crippen molar-refractivity contribution in [2.75, 3.05) is 19.0 Å². The Morgan fingerprint density at radius 3 is 2.41 bits per heavy atom. The molecule has 0 unspecified atom stereocenters. The maximum Gasteiger partial charge on any atom is 0.248 e. The lowest BCUT2D eigenvalue weighted by Crippen LogP contribution is -2.31. The number of ether oxygens (including phenoxy) is 2. The van der Waals surface area contributed by atoms with Crippen LogP contribution in [0.1, 0.15) is 31.9 Å². The van der Waals surface area contributed by atoms with E-state index in [2.05, 4.69) is 10.6 Å². The molecule has 0 bridgehead atoms. The lowest BCUT2D eigenvalue weighted by atomic mass is 10.1. The number of benzene rings is 2. The molecule has 0 radical (unpaired) electrons. The van der Waals surface area contributed by atoms with Crippen molar-refractivity contribution in [1.82, 2.24) is 5.32 Å². The molecule has 0 spiro atoms. The van der Waals surface area contributed by atoms with Crippen molar-refractivity contribution in [3.63, 3.8) is 0 Å². The molecule has 2 amide bonds. The molecular weight excluding hydrogens is 368 g/mol. The molecule has 0 heterocycles. The summed E-state index contributed by atoms with van der Waals surface area (Å²) in [4.78, 5) is 24.0. The van der Waals surface area contributed by atoms with Gasteiger partial charge in [0.15, 0.2) is 11.5 Å². The second-order valence-corrected chi connectivity index (χ2v) is 6.76. The highest BCUT2D eigenvalue weighted by molar-refractivity contribution is 6.02. The van der Waals surface area contributed by atoms with Gasteiger partial charge in [0, 0.05) is 17.8 Å². The SMILES string of the molecule is CCOc1cc(/C=C/C(=O)Nc2ccc(CC(=O)NC(C)C)cc2)ccc1OC. The Hall–Kier alpha value is -3.28. The van der Waals surface area contributed by atoms with Crippen LogP contribution in [-0.2, 0) is 16.0 Å². The third-order valence-electron chi connectivity index (χ3n) is 3.95. The van der Waals surface area contributed by atoms with E-state index in [-0.39, 0.29) is 17.9 Å². The molecule has 0 aliphatic heterocycles. The molecule has 0 saturated carbocycles. The van der Waals surface area contributed by atoms with Crippen molar-refractivity contribution >= 4 is 23.6 Å². The summed E-state index contributed by atoms with van der Waals surface area (Å²) in [5, 5.41) is 5.66. The first-order valence-corrected chi connectivity index (χ1v) is 9.59. The van der Waals surface area contributed by atoms with Gasteiger partial charge < -0.3 is 20.1 Å². The smallest absolute Gasteiger partial charge is 0.248 e. The van der Waals surface area contributed by atoms with E-state index in [1.807, 2.05) is 45.0 Å². The minimum Gasteiger partial charge on any atom is -0.493 e. The zero-order valence-corrected chi connectivity index (χ0v) is 17.3. The highest BCUT2D eigenvalue weighted by Gasteiger charge is 2.06. The van der Waals surface area contributed by atoms with E-state index in [0.29, 0.717) is 30.2 Å². The third kappa shape index (κ3) is 7.33. The summed E-state index contributed by atoms with van der Waals surface area (Å²) in [6, 6.07) is 12.8. The molecule has 0 saturated heterocycles. The van der Waals surface area contributed by atoms with E-state index < -0.39 is 0 Å². The quantitative estimate of drug-likeness (QED) is 0.632. The second-order valence-electron chi connectivity index (χ2n) is 6.76. The van der Waals surface area contributed by atoms with Gasteiger partial charge in [0.1, 0.15) is 0 Å². The van der Waals surface area contributed by atoms with Crippen LogP contribution >= 0.6 is 0 Å². The van der Waals surface area contributed by atoms with Crippen LogP contribution in [0.15, 0.2) is 48.5 Å². The Morgan fingerprint density at radius 1 is 1.07 bits per heavy atom. The van der Waals surface area contributed by atoms with E-state index in [1.54, 1.807) is 31.4 Å². The average molecular weight is 396 g/mol. The average Bonchev–Trinajstić information content (AvgIpc) is 2.68. The van der Waals surface area contributed by atoms with Gasteiger partial charge in [-0.25, -0.2) is 0 Å². The summed E-state index contributed by atoms with van der Waals surface area (Å²) in [6.45, 7) is 6.28.